The quantitative estimate of drug-likeness (QED) is 0.440. The first-order valence-electron chi connectivity index (χ1n) is 10.2. The van der Waals surface area contributed by atoms with E-state index in [1.54, 1.807) is 47.4 Å². The van der Waals surface area contributed by atoms with Crippen molar-refractivity contribution in [3.8, 4) is 11.5 Å². The van der Waals surface area contributed by atoms with E-state index in [-0.39, 0.29) is 28.0 Å². The van der Waals surface area contributed by atoms with Crippen LogP contribution in [0.25, 0.3) is 0 Å². The maximum Gasteiger partial charge on any atom is 0.307 e. The van der Waals surface area contributed by atoms with Gasteiger partial charge in [-0.05, 0) is 54.6 Å². The van der Waals surface area contributed by atoms with Crippen molar-refractivity contribution in [3.05, 3.63) is 92.2 Å². The number of morpholine rings is 1. The third-order valence-corrected chi connectivity index (χ3v) is 6.36. The Bertz CT molecular complexity index is 1230. The van der Waals surface area contributed by atoms with Crippen molar-refractivity contribution < 1.29 is 23.4 Å². The monoisotopic (exact) mass is 507 g/mol. The average Bonchev–Trinajstić information content (AvgIpc) is 3.20. The fourth-order valence-electron chi connectivity index (χ4n) is 3.94. The molecule has 5 rings (SSSR count). The maximum atomic E-state index is 15.2. The topological polar surface area (TPSA) is 48.0 Å². The summed E-state index contributed by atoms with van der Waals surface area (Å²) in [6, 6.07) is 14.2. The van der Waals surface area contributed by atoms with Gasteiger partial charge in [0, 0.05) is 34.3 Å². The Morgan fingerprint density at radius 3 is 2.30 bits per heavy atom. The Kier molecular flexibility index (Phi) is 5.87. The van der Waals surface area contributed by atoms with Gasteiger partial charge in [0.2, 0.25) is 5.75 Å². The summed E-state index contributed by atoms with van der Waals surface area (Å²) < 4.78 is 32.9. The normalized spacial score (nSPS) is 19.6. The Labute approximate surface area is 204 Å². The first kappa shape index (κ1) is 22.3. The lowest BCUT2D eigenvalue weighted by Crippen LogP contribution is -2.40. The second-order valence-electron chi connectivity index (χ2n) is 7.64. The number of nitrogens with zero attached hydrogens (tertiary/aromatic N) is 1. The van der Waals surface area contributed by atoms with Crippen LogP contribution in [-0.2, 0) is 10.5 Å². The summed E-state index contributed by atoms with van der Waals surface area (Å²) in [5.74, 6) is -2.65. The molecule has 2 aliphatic rings. The molecule has 1 unspecified atom stereocenters. The van der Waals surface area contributed by atoms with Crippen molar-refractivity contribution in [3.63, 3.8) is 0 Å². The third kappa shape index (κ3) is 4.02. The Morgan fingerprint density at radius 1 is 0.909 bits per heavy atom. The Morgan fingerprint density at radius 2 is 1.61 bits per heavy atom. The molecule has 0 saturated carbocycles. The molecule has 0 bridgehead atoms. The van der Waals surface area contributed by atoms with Crippen molar-refractivity contribution in [2.45, 2.75) is 5.79 Å². The first-order valence-corrected chi connectivity index (χ1v) is 11.3. The number of benzene rings is 3. The van der Waals surface area contributed by atoms with E-state index in [4.69, 9.17) is 49.0 Å². The second-order valence-corrected chi connectivity index (χ2v) is 8.92. The van der Waals surface area contributed by atoms with E-state index in [0.717, 1.165) is 6.07 Å². The van der Waals surface area contributed by atoms with Crippen molar-refractivity contribution >= 4 is 40.7 Å². The molecule has 33 heavy (non-hydrogen) atoms. The minimum atomic E-state index is -1.60. The zero-order chi connectivity index (χ0) is 23.2. The third-order valence-electron chi connectivity index (χ3n) is 5.56. The van der Waals surface area contributed by atoms with E-state index in [2.05, 4.69) is 0 Å². The molecule has 0 radical (unpaired) electrons. The highest BCUT2D eigenvalue weighted by Crippen LogP contribution is 2.51. The van der Waals surface area contributed by atoms with Crippen molar-refractivity contribution in [2.24, 2.45) is 0 Å². The molecule has 0 spiro atoms. The van der Waals surface area contributed by atoms with Gasteiger partial charge in [-0.2, -0.15) is 0 Å². The van der Waals surface area contributed by atoms with Gasteiger partial charge in [-0.1, -0.05) is 34.8 Å². The predicted molar refractivity (Wildman–Crippen MR) is 123 cm³/mol. The molecule has 1 amide bonds. The SMILES string of the molecule is O=C(c1cc(F)c2c(c1)OC(c1ccc(Cl)cc1)(c1ccc(Cl)cc1Cl)O2)N1CCOCC1. The molecule has 3 aromatic carbocycles. The molecule has 170 valence electrons. The van der Waals surface area contributed by atoms with Gasteiger partial charge in [0.05, 0.1) is 23.8 Å². The molecule has 2 aliphatic heterocycles. The minimum absolute atomic E-state index is 0.0903. The highest BCUT2D eigenvalue weighted by atomic mass is 35.5. The van der Waals surface area contributed by atoms with Crippen LogP contribution in [0, 0.1) is 5.82 Å². The summed E-state index contributed by atoms with van der Waals surface area (Å²) in [6.45, 7) is 1.75. The van der Waals surface area contributed by atoms with Gasteiger partial charge in [0.25, 0.3) is 5.91 Å². The molecule has 9 heteroatoms. The van der Waals surface area contributed by atoms with E-state index >= 15 is 4.39 Å². The van der Waals surface area contributed by atoms with Crippen LogP contribution in [0.4, 0.5) is 4.39 Å². The number of amides is 1. The van der Waals surface area contributed by atoms with Crippen LogP contribution in [0.2, 0.25) is 15.1 Å². The maximum absolute atomic E-state index is 15.2. The average molecular weight is 509 g/mol. The van der Waals surface area contributed by atoms with E-state index in [0.29, 0.717) is 47.5 Å². The van der Waals surface area contributed by atoms with Crippen LogP contribution in [0.5, 0.6) is 11.5 Å². The lowest BCUT2D eigenvalue weighted by atomic mass is 9.97. The zero-order valence-corrected chi connectivity index (χ0v) is 19.4. The highest BCUT2D eigenvalue weighted by molar-refractivity contribution is 6.35. The van der Waals surface area contributed by atoms with E-state index in [1.807, 2.05) is 0 Å². The number of carbonyl (C=O) groups excluding carboxylic acids is 1. The molecule has 0 N–H and O–H groups in total. The summed E-state index contributed by atoms with van der Waals surface area (Å²) in [5, 5.41) is 1.21. The van der Waals surface area contributed by atoms with Crippen LogP contribution in [0.1, 0.15) is 21.5 Å². The molecule has 2 heterocycles. The summed E-state index contributed by atoms with van der Waals surface area (Å²) in [5.41, 5.74) is 1.12. The number of carbonyl (C=O) groups is 1. The predicted octanol–water partition coefficient (Wildman–Crippen LogP) is 5.93. The van der Waals surface area contributed by atoms with Crippen LogP contribution in [0.15, 0.2) is 54.6 Å². The molecule has 0 aromatic heterocycles. The molecule has 3 aromatic rings. The van der Waals surface area contributed by atoms with Gasteiger partial charge in [-0.3, -0.25) is 4.79 Å². The van der Waals surface area contributed by atoms with Crippen LogP contribution in [0.3, 0.4) is 0 Å². The molecular weight excluding hydrogens is 492 g/mol. The van der Waals surface area contributed by atoms with Crippen LogP contribution in [-0.4, -0.2) is 37.1 Å². The smallest absolute Gasteiger partial charge is 0.307 e. The van der Waals surface area contributed by atoms with Gasteiger partial charge < -0.3 is 19.1 Å². The largest absolute Gasteiger partial charge is 0.440 e. The van der Waals surface area contributed by atoms with Crippen LogP contribution < -0.4 is 9.47 Å². The number of halogens is 4. The highest BCUT2D eigenvalue weighted by Gasteiger charge is 2.48. The van der Waals surface area contributed by atoms with Gasteiger partial charge in [0.1, 0.15) is 0 Å². The van der Waals surface area contributed by atoms with Crippen molar-refractivity contribution in [1.82, 2.24) is 4.90 Å². The zero-order valence-electron chi connectivity index (χ0n) is 17.1. The van der Waals surface area contributed by atoms with Gasteiger partial charge in [-0.15, -0.1) is 0 Å². The molecule has 5 nitrogen and oxygen atoms in total. The number of hydrogen-bond acceptors (Lipinski definition) is 4. The van der Waals surface area contributed by atoms with Gasteiger partial charge >= 0.3 is 5.79 Å². The number of ether oxygens (including phenoxy) is 3. The Balaban J connectivity index is 1.60. The van der Waals surface area contributed by atoms with E-state index < -0.39 is 11.6 Å². The van der Waals surface area contributed by atoms with E-state index in [1.165, 1.54) is 6.07 Å². The number of hydrogen-bond donors (Lipinski definition) is 0. The standard InChI is InChI=1S/C24H17Cl3FNO4/c25-16-3-1-15(2-4-16)24(18-6-5-17(26)13-19(18)27)32-21-12-14(11-20(28)22(21)33-24)23(30)29-7-9-31-10-8-29/h1-6,11-13H,7-10H2. The minimum Gasteiger partial charge on any atom is -0.440 e. The van der Waals surface area contributed by atoms with Crippen molar-refractivity contribution in [2.75, 3.05) is 26.3 Å². The first-order chi connectivity index (χ1) is 15.9. The summed E-state index contributed by atoms with van der Waals surface area (Å²) in [7, 11) is 0. The summed E-state index contributed by atoms with van der Waals surface area (Å²) >= 11 is 18.7. The number of fused-ring (bicyclic) bond motifs is 1. The molecule has 0 aliphatic carbocycles. The van der Waals surface area contributed by atoms with E-state index in [9.17, 15) is 4.79 Å². The van der Waals surface area contributed by atoms with Crippen molar-refractivity contribution in [1.29, 1.82) is 0 Å². The summed E-state index contributed by atoms with van der Waals surface area (Å²) in [6.07, 6.45) is 0. The lowest BCUT2D eigenvalue weighted by molar-refractivity contribution is -0.0471. The summed E-state index contributed by atoms with van der Waals surface area (Å²) in [4.78, 5) is 14.6. The lowest BCUT2D eigenvalue weighted by Gasteiger charge is -2.29. The molecule has 1 fully saturated rings. The number of rotatable bonds is 3. The molecule has 1 atom stereocenters. The fourth-order valence-corrected chi connectivity index (χ4v) is 4.60. The fraction of sp³-hybridized carbons (Fsp3) is 0.208. The molecule has 1 saturated heterocycles. The van der Waals surface area contributed by atoms with Gasteiger partial charge in [-0.25, -0.2) is 4.39 Å². The van der Waals surface area contributed by atoms with Gasteiger partial charge in [0.15, 0.2) is 11.6 Å². The molecular formula is C24H17Cl3FNO4. The Hall–Kier alpha value is -2.51. The second kappa shape index (κ2) is 8.69. The van der Waals surface area contributed by atoms with Crippen LogP contribution >= 0.6 is 34.8 Å².